The van der Waals surface area contributed by atoms with Gasteiger partial charge in [-0.1, -0.05) is 309 Å². The predicted octanol–water partition coefficient (Wildman–Crippen LogP) is 20.0. The minimum atomic E-state index is -0.660. The number of unbranched alkanes of at least 4 members (excludes halogenated alkanes) is 47. The van der Waals surface area contributed by atoms with Crippen molar-refractivity contribution in [3.05, 3.63) is 12.2 Å². The first kappa shape index (κ1) is 68.6. The topological polar surface area (TPSA) is 95.9 Å². The summed E-state index contributed by atoms with van der Waals surface area (Å²) in [6, 6.07) is -0.537. The van der Waals surface area contributed by atoms with Crippen LogP contribution in [0.5, 0.6) is 0 Å². The Balaban J connectivity index is 3.32. The average molecular weight is 989 g/mol. The second-order valence-corrected chi connectivity index (χ2v) is 22.1. The van der Waals surface area contributed by atoms with Gasteiger partial charge in [0.2, 0.25) is 5.91 Å². The lowest BCUT2D eigenvalue weighted by Crippen LogP contribution is -2.45. The van der Waals surface area contributed by atoms with Crippen LogP contribution in [0.2, 0.25) is 0 Å². The van der Waals surface area contributed by atoms with Gasteiger partial charge < -0.3 is 20.3 Å². The first-order chi connectivity index (χ1) is 34.5. The highest BCUT2D eigenvalue weighted by atomic mass is 16.5. The summed E-state index contributed by atoms with van der Waals surface area (Å²) < 4.78 is 5.48. The van der Waals surface area contributed by atoms with E-state index in [1.165, 1.54) is 283 Å². The van der Waals surface area contributed by atoms with Crippen LogP contribution in [0.1, 0.15) is 361 Å². The Morgan fingerprint density at radius 2 is 0.671 bits per heavy atom. The molecule has 0 bridgehead atoms. The summed E-state index contributed by atoms with van der Waals surface area (Å²) in [5.74, 6) is -0.0209. The highest BCUT2D eigenvalue weighted by molar-refractivity contribution is 5.76. The van der Waals surface area contributed by atoms with Crippen molar-refractivity contribution in [2.24, 2.45) is 0 Å². The van der Waals surface area contributed by atoms with Gasteiger partial charge in [-0.25, -0.2) is 0 Å². The molecule has 3 N–H and O–H groups in total. The molecule has 0 aromatic carbocycles. The SMILES string of the molecule is CCCCCCC/C=C\CCCCCCCC(=O)OCCCCCCCCCCCCCCCCCCCCCCCCCCCCCC(=O)NC(CO)C(O)CCCCCCCCCCCCCC. The van der Waals surface area contributed by atoms with Crippen molar-refractivity contribution >= 4 is 11.9 Å². The predicted molar refractivity (Wildman–Crippen MR) is 306 cm³/mol. The van der Waals surface area contributed by atoms with E-state index in [1.807, 2.05) is 0 Å². The minimum absolute atomic E-state index is 0.0101. The van der Waals surface area contributed by atoms with Gasteiger partial charge in [-0.05, 0) is 51.4 Å². The van der Waals surface area contributed by atoms with Gasteiger partial charge in [0, 0.05) is 12.8 Å². The van der Waals surface area contributed by atoms with Gasteiger partial charge in [0.05, 0.1) is 25.4 Å². The molecule has 0 rings (SSSR count). The fourth-order valence-electron chi connectivity index (χ4n) is 10.2. The lowest BCUT2D eigenvalue weighted by atomic mass is 10.0. The van der Waals surface area contributed by atoms with Crippen LogP contribution in [0, 0.1) is 0 Å². The monoisotopic (exact) mass is 988 g/mol. The van der Waals surface area contributed by atoms with E-state index in [1.54, 1.807) is 0 Å². The lowest BCUT2D eigenvalue weighted by molar-refractivity contribution is -0.143. The maximum Gasteiger partial charge on any atom is 0.305 e. The van der Waals surface area contributed by atoms with Gasteiger partial charge in [-0.2, -0.15) is 0 Å². The second kappa shape index (κ2) is 60.2. The number of amides is 1. The molecule has 1 amide bonds. The summed E-state index contributed by atoms with van der Waals surface area (Å²) >= 11 is 0. The third kappa shape index (κ3) is 55.9. The Kier molecular flexibility index (Phi) is 59.0. The Bertz CT molecular complexity index is 1050. The number of hydrogen-bond donors (Lipinski definition) is 3. The van der Waals surface area contributed by atoms with Crippen molar-refractivity contribution in [3.8, 4) is 0 Å². The summed E-state index contributed by atoms with van der Waals surface area (Å²) in [7, 11) is 0. The Morgan fingerprint density at radius 1 is 0.386 bits per heavy atom. The molecule has 416 valence electrons. The van der Waals surface area contributed by atoms with Crippen LogP contribution in [0.4, 0.5) is 0 Å². The molecule has 0 heterocycles. The molecule has 0 spiro atoms. The number of aliphatic hydroxyl groups excluding tert-OH is 2. The molecule has 2 atom stereocenters. The van der Waals surface area contributed by atoms with E-state index in [0.29, 0.717) is 25.9 Å². The number of aliphatic hydroxyl groups is 2. The Morgan fingerprint density at radius 3 is 1.01 bits per heavy atom. The van der Waals surface area contributed by atoms with Gasteiger partial charge in [0.1, 0.15) is 0 Å². The molecule has 0 fully saturated rings. The van der Waals surface area contributed by atoms with Gasteiger partial charge in [-0.15, -0.1) is 0 Å². The van der Waals surface area contributed by atoms with Crippen molar-refractivity contribution in [2.75, 3.05) is 13.2 Å². The van der Waals surface area contributed by atoms with Crippen LogP contribution in [-0.2, 0) is 14.3 Å². The van der Waals surface area contributed by atoms with E-state index >= 15 is 0 Å². The summed E-state index contributed by atoms with van der Waals surface area (Å²) in [4.78, 5) is 24.5. The zero-order valence-electron chi connectivity index (χ0n) is 47.5. The zero-order valence-corrected chi connectivity index (χ0v) is 47.5. The highest BCUT2D eigenvalue weighted by Crippen LogP contribution is 2.18. The summed E-state index contributed by atoms with van der Waals surface area (Å²) in [6.07, 6.45) is 72.4. The number of hydrogen-bond acceptors (Lipinski definition) is 5. The molecule has 6 nitrogen and oxygen atoms in total. The van der Waals surface area contributed by atoms with Crippen molar-refractivity contribution < 1.29 is 24.5 Å². The van der Waals surface area contributed by atoms with Crippen molar-refractivity contribution in [1.82, 2.24) is 5.32 Å². The van der Waals surface area contributed by atoms with Crippen LogP contribution < -0.4 is 5.32 Å². The van der Waals surface area contributed by atoms with Gasteiger partial charge >= 0.3 is 5.97 Å². The zero-order chi connectivity index (χ0) is 50.7. The molecule has 0 radical (unpaired) electrons. The van der Waals surface area contributed by atoms with E-state index in [2.05, 4.69) is 31.3 Å². The second-order valence-electron chi connectivity index (χ2n) is 22.1. The molecule has 0 aliphatic carbocycles. The van der Waals surface area contributed by atoms with E-state index < -0.39 is 12.1 Å². The third-order valence-electron chi connectivity index (χ3n) is 15.1. The quantitative estimate of drug-likeness (QED) is 0.0321. The van der Waals surface area contributed by atoms with Crippen LogP contribution >= 0.6 is 0 Å². The van der Waals surface area contributed by atoms with Crippen LogP contribution in [0.25, 0.3) is 0 Å². The smallest absolute Gasteiger partial charge is 0.305 e. The first-order valence-corrected chi connectivity index (χ1v) is 31.9. The molecule has 70 heavy (non-hydrogen) atoms. The van der Waals surface area contributed by atoms with E-state index in [0.717, 1.165) is 44.9 Å². The Labute approximate surface area is 438 Å². The van der Waals surface area contributed by atoms with Crippen LogP contribution in [0.15, 0.2) is 12.2 Å². The fourth-order valence-corrected chi connectivity index (χ4v) is 10.2. The van der Waals surface area contributed by atoms with Gasteiger partial charge in [0.25, 0.3) is 0 Å². The number of ether oxygens (including phenoxy) is 1. The van der Waals surface area contributed by atoms with Crippen molar-refractivity contribution in [1.29, 1.82) is 0 Å². The van der Waals surface area contributed by atoms with Crippen molar-refractivity contribution in [3.63, 3.8) is 0 Å². The number of esters is 1. The summed E-state index contributed by atoms with van der Waals surface area (Å²) in [5.41, 5.74) is 0. The van der Waals surface area contributed by atoms with Gasteiger partial charge in [0.15, 0.2) is 0 Å². The molecule has 0 aliphatic rings. The van der Waals surface area contributed by atoms with Crippen molar-refractivity contribution in [2.45, 2.75) is 373 Å². The molecule has 0 saturated carbocycles. The molecular formula is C64H125NO5. The summed E-state index contributed by atoms with van der Waals surface area (Å²) in [5, 5.41) is 23.2. The molecule has 6 heteroatoms. The number of carbonyl (C=O) groups is 2. The standard InChI is InChI=1S/C64H125NO5/c1-3-5-7-9-11-13-15-17-34-38-42-46-50-54-58-64(69)70-59-55-51-47-43-39-35-32-30-28-26-24-22-20-18-19-21-23-25-27-29-31-33-37-41-45-49-53-57-63(68)65-61(60-66)62(67)56-52-48-44-40-36-16-14-12-10-8-6-4-2/h15,17,61-62,66-67H,3-14,16,18-60H2,1-2H3,(H,65,68)/b17-15-. The summed E-state index contributed by atoms with van der Waals surface area (Å²) in [6.45, 7) is 4.96. The normalized spacial score (nSPS) is 12.6. The maximum absolute atomic E-state index is 12.5. The number of carbonyl (C=O) groups excluding carboxylic acids is 2. The molecule has 0 aliphatic heterocycles. The lowest BCUT2D eigenvalue weighted by Gasteiger charge is -2.22. The highest BCUT2D eigenvalue weighted by Gasteiger charge is 2.20. The molecule has 0 aromatic heterocycles. The molecule has 0 saturated heterocycles. The fraction of sp³-hybridized carbons (Fsp3) is 0.938. The number of allylic oxidation sites excluding steroid dienone is 2. The van der Waals surface area contributed by atoms with Gasteiger partial charge in [-0.3, -0.25) is 9.59 Å². The van der Waals surface area contributed by atoms with Crippen LogP contribution in [-0.4, -0.2) is 47.4 Å². The van der Waals surface area contributed by atoms with E-state index in [-0.39, 0.29) is 18.5 Å². The number of nitrogens with one attached hydrogen (secondary N) is 1. The molecular weight excluding hydrogens is 863 g/mol. The third-order valence-corrected chi connectivity index (χ3v) is 15.1. The first-order valence-electron chi connectivity index (χ1n) is 31.9. The largest absolute Gasteiger partial charge is 0.466 e. The minimum Gasteiger partial charge on any atom is -0.466 e. The average Bonchev–Trinajstić information content (AvgIpc) is 3.36. The van der Waals surface area contributed by atoms with E-state index in [9.17, 15) is 19.8 Å². The maximum atomic E-state index is 12.5. The number of rotatable bonds is 60. The molecule has 2 unspecified atom stereocenters. The van der Waals surface area contributed by atoms with Crippen LogP contribution in [0.3, 0.4) is 0 Å². The van der Waals surface area contributed by atoms with E-state index in [4.69, 9.17) is 4.74 Å². The molecule has 0 aromatic rings. The Hall–Kier alpha value is -1.40.